The summed E-state index contributed by atoms with van der Waals surface area (Å²) < 4.78 is 0. The number of H-pyrrole nitrogens is 1. The fourth-order valence-electron chi connectivity index (χ4n) is 3.24. The molecule has 0 aromatic carbocycles. The lowest BCUT2D eigenvalue weighted by Crippen LogP contribution is -2.23. The van der Waals surface area contributed by atoms with Crippen LogP contribution >= 0.6 is 0 Å². The van der Waals surface area contributed by atoms with Crippen LogP contribution in [0.4, 0.5) is 5.95 Å². The molecule has 1 saturated heterocycles. The van der Waals surface area contributed by atoms with E-state index in [2.05, 4.69) is 26.9 Å². The third-order valence-corrected chi connectivity index (χ3v) is 4.57. The average Bonchev–Trinajstić information content (AvgIpc) is 3.00. The zero-order chi connectivity index (χ0) is 17.4. The molecule has 3 rings (SSSR count). The van der Waals surface area contributed by atoms with Crippen LogP contribution in [0.2, 0.25) is 0 Å². The Morgan fingerprint density at radius 1 is 1.25 bits per heavy atom. The van der Waals surface area contributed by atoms with E-state index in [-0.39, 0.29) is 0 Å². The first-order valence-electron chi connectivity index (χ1n) is 9.13. The number of hydrogen-bond donors (Lipinski definition) is 3. The van der Waals surface area contributed by atoms with Crippen molar-refractivity contribution in [1.82, 2.24) is 15.3 Å². The lowest BCUT2D eigenvalue weighted by molar-refractivity contribution is 0.441. The molecule has 2 heterocycles. The Balaban J connectivity index is 0.000000249. The molecule has 2 fully saturated rings. The Kier molecular flexibility index (Phi) is 7.22. The van der Waals surface area contributed by atoms with Gasteiger partial charge in [-0.15, -0.1) is 0 Å². The smallest absolute Gasteiger partial charge is 0.227 e. The van der Waals surface area contributed by atoms with Crippen LogP contribution in [0.5, 0.6) is 0 Å². The number of aryl methyl sites for hydroxylation is 1. The number of piperidine rings is 1. The standard InChI is InChI=1S/C13H20N4.C6H11N/c1-9-8-15-13(16-9)17-12(10(2)14)11-6-4-3-5-7-11;1-6-4-2-3-5-7-6/h8,11,14H,3-7H2,1-2H3,(H,15,16);7H,1-5H2/b14-10?,17-12+;. The summed E-state index contributed by atoms with van der Waals surface area (Å²) >= 11 is 0. The third-order valence-electron chi connectivity index (χ3n) is 4.57. The molecule has 2 aliphatic rings. The van der Waals surface area contributed by atoms with Gasteiger partial charge in [0.15, 0.2) is 0 Å². The quantitative estimate of drug-likeness (QED) is 0.704. The number of hydrogen-bond acceptors (Lipinski definition) is 4. The highest BCUT2D eigenvalue weighted by Gasteiger charge is 2.21. The molecule has 0 atom stereocenters. The van der Waals surface area contributed by atoms with E-state index >= 15 is 0 Å². The summed E-state index contributed by atoms with van der Waals surface area (Å²) in [4.78, 5) is 11.8. The van der Waals surface area contributed by atoms with Gasteiger partial charge in [0.25, 0.3) is 0 Å². The topological polar surface area (TPSA) is 76.9 Å². The molecule has 24 heavy (non-hydrogen) atoms. The van der Waals surface area contributed by atoms with Crippen LogP contribution < -0.4 is 5.32 Å². The van der Waals surface area contributed by atoms with E-state index < -0.39 is 0 Å². The number of allylic oxidation sites excluding steroid dienone is 1. The van der Waals surface area contributed by atoms with Crippen molar-refractivity contribution in [3.05, 3.63) is 24.2 Å². The molecular formula is C19H31N5. The van der Waals surface area contributed by atoms with E-state index in [1.165, 1.54) is 44.2 Å². The average molecular weight is 329 g/mol. The Hall–Kier alpha value is -1.91. The molecule has 0 unspecified atom stereocenters. The van der Waals surface area contributed by atoms with Crippen molar-refractivity contribution in [1.29, 1.82) is 5.41 Å². The number of rotatable bonds is 3. The molecule has 132 valence electrons. The van der Waals surface area contributed by atoms with E-state index in [1.807, 2.05) is 13.8 Å². The molecule has 1 aliphatic carbocycles. The Morgan fingerprint density at radius 2 is 2.00 bits per heavy atom. The fourth-order valence-corrected chi connectivity index (χ4v) is 3.24. The van der Waals surface area contributed by atoms with Crippen LogP contribution in [0.1, 0.15) is 64.0 Å². The Bertz CT molecular complexity index is 570. The van der Waals surface area contributed by atoms with E-state index in [0.717, 1.165) is 30.8 Å². The van der Waals surface area contributed by atoms with Gasteiger partial charge in [-0.1, -0.05) is 25.8 Å². The van der Waals surface area contributed by atoms with Crippen molar-refractivity contribution in [2.75, 3.05) is 6.54 Å². The summed E-state index contributed by atoms with van der Waals surface area (Å²) in [5, 5.41) is 11.1. The maximum atomic E-state index is 7.87. The highest BCUT2D eigenvalue weighted by molar-refractivity contribution is 6.41. The van der Waals surface area contributed by atoms with Gasteiger partial charge in [-0.05, 0) is 46.0 Å². The fraction of sp³-hybridized carbons (Fsp3) is 0.632. The van der Waals surface area contributed by atoms with E-state index in [1.54, 1.807) is 6.20 Å². The number of aromatic nitrogens is 2. The molecule has 0 spiro atoms. The summed E-state index contributed by atoms with van der Waals surface area (Å²) in [5.74, 6) is 1.08. The minimum Gasteiger partial charge on any atom is -0.389 e. The summed E-state index contributed by atoms with van der Waals surface area (Å²) in [5.41, 5.74) is 3.71. The summed E-state index contributed by atoms with van der Waals surface area (Å²) in [6, 6.07) is 0. The maximum Gasteiger partial charge on any atom is 0.227 e. The molecule has 1 saturated carbocycles. The van der Waals surface area contributed by atoms with Crippen LogP contribution in [0.25, 0.3) is 0 Å². The number of imidazole rings is 1. The number of aromatic amines is 1. The van der Waals surface area contributed by atoms with Gasteiger partial charge < -0.3 is 15.7 Å². The zero-order valence-electron chi connectivity index (χ0n) is 15.1. The highest BCUT2D eigenvalue weighted by atomic mass is 15.1. The van der Waals surface area contributed by atoms with Gasteiger partial charge in [0.2, 0.25) is 5.95 Å². The lowest BCUT2D eigenvalue weighted by atomic mass is 9.84. The molecule has 0 amide bonds. The largest absolute Gasteiger partial charge is 0.389 e. The molecule has 5 heteroatoms. The second kappa shape index (κ2) is 9.40. The minimum atomic E-state index is 0.451. The molecule has 0 radical (unpaired) electrons. The molecule has 1 aromatic rings. The van der Waals surface area contributed by atoms with Crippen molar-refractivity contribution >= 4 is 17.4 Å². The van der Waals surface area contributed by atoms with Crippen LogP contribution in [0, 0.1) is 18.3 Å². The van der Waals surface area contributed by atoms with Crippen molar-refractivity contribution in [2.24, 2.45) is 10.9 Å². The van der Waals surface area contributed by atoms with Crippen LogP contribution in [-0.2, 0) is 0 Å². The van der Waals surface area contributed by atoms with Crippen molar-refractivity contribution in [3.8, 4) is 0 Å². The van der Waals surface area contributed by atoms with Gasteiger partial charge in [-0.3, -0.25) is 0 Å². The SMILES string of the molecule is C=C1CCCCN1.CC(=N)/C(=N\c1ncc(C)[nH]1)C1CCCCC1. The molecule has 1 aromatic heterocycles. The molecule has 1 aliphatic heterocycles. The zero-order valence-corrected chi connectivity index (χ0v) is 15.1. The predicted molar refractivity (Wildman–Crippen MR) is 101 cm³/mol. The van der Waals surface area contributed by atoms with Crippen LogP contribution in [0.15, 0.2) is 23.5 Å². The Labute approximate surface area is 145 Å². The third kappa shape index (κ3) is 5.95. The van der Waals surface area contributed by atoms with E-state index in [9.17, 15) is 0 Å². The van der Waals surface area contributed by atoms with Gasteiger partial charge in [0.1, 0.15) is 0 Å². The van der Waals surface area contributed by atoms with Gasteiger partial charge in [-0.2, -0.15) is 0 Å². The molecule has 0 bridgehead atoms. The monoisotopic (exact) mass is 329 g/mol. The maximum absolute atomic E-state index is 7.87. The first kappa shape index (κ1) is 18.4. The van der Waals surface area contributed by atoms with Gasteiger partial charge in [0.05, 0.1) is 11.4 Å². The molecule has 5 nitrogen and oxygen atoms in total. The Morgan fingerprint density at radius 3 is 2.46 bits per heavy atom. The summed E-state index contributed by atoms with van der Waals surface area (Å²) in [6.45, 7) is 8.73. The lowest BCUT2D eigenvalue weighted by Gasteiger charge is -2.22. The number of nitrogens with zero attached hydrogens (tertiary/aromatic N) is 2. The normalized spacial score (nSPS) is 19.2. The molecular weight excluding hydrogens is 298 g/mol. The van der Waals surface area contributed by atoms with Crippen molar-refractivity contribution < 1.29 is 0 Å². The van der Waals surface area contributed by atoms with Crippen molar-refractivity contribution in [3.63, 3.8) is 0 Å². The first-order chi connectivity index (χ1) is 11.6. The predicted octanol–water partition coefficient (Wildman–Crippen LogP) is 4.68. The number of aliphatic imine (C=N–C) groups is 1. The number of nitrogens with one attached hydrogen (secondary N) is 3. The van der Waals surface area contributed by atoms with Crippen LogP contribution in [-0.4, -0.2) is 27.9 Å². The minimum absolute atomic E-state index is 0.451. The highest BCUT2D eigenvalue weighted by Crippen LogP contribution is 2.26. The van der Waals surface area contributed by atoms with E-state index in [0.29, 0.717) is 17.6 Å². The van der Waals surface area contributed by atoms with E-state index in [4.69, 9.17) is 5.41 Å². The van der Waals surface area contributed by atoms with Crippen LogP contribution in [0.3, 0.4) is 0 Å². The van der Waals surface area contributed by atoms with Gasteiger partial charge in [-0.25, -0.2) is 9.98 Å². The summed E-state index contributed by atoms with van der Waals surface area (Å²) in [7, 11) is 0. The molecule has 3 N–H and O–H groups in total. The summed E-state index contributed by atoms with van der Waals surface area (Å²) in [6.07, 6.45) is 11.8. The van der Waals surface area contributed by atoms with Crippen molar-refractivity contribution in [2.45, 2.75) is 65.2 Å². The van der Waals surface area contributed by atoms with Gasteiger partial charge in [0, 0.05) is 30.1 Å². The second-order valence-electron chi connectivity index (χ2n) is 6.83. The van der Waals surface area contributed by atoms with Gasteiger partial charge >= 0.3 is 0 Å². The second-order valence-corrected chi connectivity index (χ2v) is 6.83. The first-order valence-corrected chi connectivity index (χ1v) is 9.13.